The molecule has 0 aromatic carbocycles. The Hall–Kier alpha value is -2.73. The van der Waals surface area contributed by atoms with Gasteiger partial charge in [0.2, 0.25) is 23.6 Å². The van der Waals surface area contributed by atoms with Crippen molar-refractivity contribution < 1.29 is 34.2 Å². The molecule has 12 heteroatoms. The minimum absolute atomic E-state index is 0.607. The van der Waals surface area contributed by atoms with Gasteiger partial charge in [-0.3, -0.25) is 19.2 Å². The van der Waals surface area contributed by atoms with Crippen molar-refractivity contribution >= 4 is 29.6 Å². The fourth-order valence-electron chi connectivity index (χ4n) is 1.58. The van der Waals surface area contributed by atoms with E-state index in [0.717, 1.165) is 0 Å². The molecule has 0 heterocycles. The van der Waals surface area contributed by atoms with Crippen molar-refractivity contribution in [2.45, 2.75) is 44.4 Å². The van der Waals surface area contributed by atoms with Crippen molar-refractivity contribution in [2.75, 3.05) is 6.61 Å². The number of carboxylic acids is 1. The average molecular weight is 361 g/mol. The number of carboxylic acid groups (broad SMARTS) is 1. The second-order valence-corrected chi connectivity index (χ2v) is 5.33. The van der Waals surface area contributed by atoms with E-state index in [4.69, 9.17) is 21.7 Å². The number of rotatable bonds is 10. The van der Waals surface area contributed by atoms with Crippen LogP contribution in [0.4, 0.5) is 0 Å². The number of carbonyl (C=O) groups excluding carboxylic acids is 4. The molecule has 0 aromatic heterocycles. The van der Waals surface area contributed by atoms with Crippen molar-refractivity contribution in [1.82, 2.24) is 16.0 Å². The van der Waals surface area contributed by atoms with Crippen LogP contribution in [-0.4, -0.2) is 70.6 Å². The van der Waals surface area contributed by atoms with Gasteiger partial charge in [-0.15, -0.1) is 0 Å². The summed E-state index contributed by atoms with van der Waals surface area (Å²) in [7, 11) is 0. The molecule has 0 aromatic rings. The third-order valence-corrected chi connectivity index (χ3v) is 3.00. The third-order valence-electron chi connectivity index (χ3n) is 3.00. The van der Waals surface area contributed by atoms with Crippen molar-refractivity contribution in [3.8, 4) is 0 Å². The maximum atomic E-state index is 12.0. The maximum absolute atomic E-state index is 12.0. The number of nitrogens with one attached hydrogen (secondary N) is 3. The summed E-state index contributed by atoms with van der Waals surface area (Å²) in [5.74, 6) is -4.88. The lowest BCUT2D eigenvalue weighted by Gasteiger charge is -2.22. The van der Waals surface area contributed by atoms with Gasteiger partial charge in [0, 0.05) is 0 Å². The highest BCUT2D eigenvalue weighted by molar-refractivity contribution is 5.95. The van der Waals surface area contributed by atoms with Gasteiger partial charge in [-0.2, -0.15) is 0 Å². The van der Waals surface area contributed by atoms with Gasteiger partial charge in [0.05, 0.1) is 19.1 Å². The molecule has 0 aliphatic heterocycles. The average Bonchev–Trinajstić information content (AvgIpc) is 2.50. The molecule has 0 aliphatic rings. The Morgan fingerprint density at radius 1 is 0.920 bits per heavy atom. The number of nitrogens with two attached hydrogens (primary N) is 2. The number of aliphatic hydroxyl groups is 1. The molecule has 0 bridgehead atoms. The highest BCUT2D eigenvalue weighted by Gasteiger charge is 2.29. The maximum Gasteiger partial charge on any atom is 0.328 e. The number of carbonyl (C=O) groups is 5. The summed E-state index contributed by atoms with van der Waals surface area (Å²) in [5.41, 5.74) is 10.4. The molecule has 4 unspecified atom stereocenters. The number of aliphatic carboxylic acids is 1. The first-order valence-electron chi connectivity index (χ1n) is 7.28. The quantitative estimate of drug-likeness (QED) is 0.202. The molecule has 25 heavy (non-hydrogen) atoms. The molecule has 0 spiro atoms. The standard InChI is InChI=1S/C13H23N5O7/c1-5(14)10(21)16-6(2)11(22)17-7(3-9(15)20)12(23)18-8(4-19)13(24)25/h5-8,19H,3-4,14H2,1-2H3,(H2,15,20)(H,16,21)(H,17,22)(H,18,23)(H,24,25). The van der Waals surface area contributed by atoms with Crippen LogP contribution >= 0.6 is 0 Å². The Balaban J connectivity index is 5.00. The fourth-order valence-corrected chi connectivity index (χ4v) is 1.58. The molecule has 142 valence electrons. The summed E-state index contributed by atoms with van der Waals surface area (Å²) in [6.07, 6.45) is -0.608. The lowest BCUT2D eigenvalue weighted by Crippen LogP contribution is -2.57. The first-order chi connectivity index (χ1) is 11.5. The van der Waals surface area contributed by atoms with E-state index >= 15 is 0 Å². The van der Waals surface area contributed by atoms with E-state index in [9.17, 15) is 24.0 Å². The van der Waals surface area contributed by atoms with Crippen molar-refractivity contribution in [1.29, 1.82) is 0 Å². The number of hydrogen-bond acceptors (Lipinski definition) is 7. The van der Waals surface area contributed by atoms with Gasteiger partial charge in [-0.25, -0.2) is 4.79 Å². The summed E-state index contributed by atoms with van der Waals surface area (Å²) >= 11 is 0. The lowest BCUT2D eigenvalue weighted by molar-refractivity contribution is -0.143. The Labute approximate surface area is 143 Å². The topological polar surface area (TPSA) is 214 Å². The SMILES string of the molecule is CC(N)C(=O)NC(C)C(=O)NC(CC(N)=O)C(=O)NC(CO)C(=O)O. The van der Waals surface area contributed by atoms with E-state index in [1.807, 2.05) is 5.32 Å². The van der Waals surface area contributed by atoms with E-state index in [1.165, 1.54) is 13.8 Å². The highest BCUT2D eigenvalue weighted by atomic mass is 16.4. The molecule has 4 amide bonds. The van der Waals surface area contributed by atoms with Crippen LogP contribution in [0.1, 0.15) is 20.3 Å². The Kier molecular flexibility index (Phi) is 9.09. The summed E-state index contributed by atoms with van der Waals surface area (Å²) in [4.78, 5) is 57.4. The van der Waals surface area contributed by atoms with Crippen LogP contribution in [-0.2, 0) is 24.0 Å². The van der Waals surface area contributed by atoms with E-state index < -0.39 is 66.8 Å². The number of primary amides is 1. The van der Waals surface area contributed by atoms with Gasteiger partial charge in [-0.05, 0) is 13.8 Å². The van der Waals surface area contributed by atoms with E-state index in [2.05, 4.69) is 10.6 Å². The predicted molar refractivity (Wildman–Crippen MR) is 83.6 cm³/mol. The molecule has 9 N–H and O–H groups in total. The molecular weight excluding hydrogens is 338 g/mol. The molecule has 0 saturated heterocycles. The Bertz CT molecular complexity index is 537. The Morgan fingerprint density at radius 3 is 1.84 bits per heavy atom. The lowest BCUT2D eigenvalue weighted by atomic mass is 10.1. The van der Waals surface area contributed by atoms with E-state index in [0.29, 0.717) is 0 Å². The largest absolute Gasteiger partial charge is 0.480 e. The predicted octanol–water partition coefficient (Wildman–Crippen LogP) is -4.24. The Morgan fingerprint density at radius 2 is 1.44 bits per heavy atom. The second kappa shape index (κ2) is 10.2. The van der Waals surface area contributed by atoms with Gasteiger partial charge in [0.1, 0.15) is 18.1 Å². The molecule has 0 aliphatic carbocycles. The van der Waals surface area contributed by atoms with Gasteiger partial charge in [0.15, 0.2) is 0 Å². The van der Waals surface area contributed by atoms with Crippen LogP contribution in [0, 0.1) is 0 Å². The third kappa shape index (κ3) is 8.08. The van der Waals surface area contributed by atoms with E-state index in [-0.39, 0.29) is 0 Å². The molecule has 0 fully saturated rings. The molecule has 0 radical (unpaired) electrons. The van der Waals surface area contributed by atoms with Gasteiger partial charge >= 0.3 is 5.97 Å². The molecule has 12 nitrogen and oxygen atoms in total. The van der Waals surface area contributed by atoms with Gasteiger partial charge < -0.3 is 37.6 Å². The number of hydrogen-bond donors (Lipinski definition) is 7. The highest BCUT2D eigenvalue weighted by Crippen LogP contribution is 1.96. The van der Waals surface area contributed by atoms with Crippen LogP contribution < -0.4 is 27.4 Å². The van der Waals surface area contributed by atoms with Gasteiger partial charge in [0.25, 0.3) is 0 Å². The zero-order valence-electron chi connectivity index (χ0n) is 13.8. The zero-order valence-corrected chi connectivity index (χ0v) is 13.8. The summed E-state index contributed by atoms with van der Waals surface area (Å²) in [5, 5.41) is 24.1. The molecular formula is C13H23N5O7. The monoisotopic (exact) mass is 361 g/mol. The van der Waals surface area contributed by atoms with Crippen LogP contribution in [0.3, 0.4) is 0 Å². The zero-order chi connectivity index (χ0) is 19.7. The summed E-state index contributed by atoms with van der Waals surface area (Å²) < 4.78 is 0. The van der Waals surface area contributed by atoms with Crippen LogP contribution in [0.2, 0.25) is 0 Å². The normalized spacial score (nSPS) is 15.2. The molecule has 0 rings (SSSR count). The van der Waals surface area contributed by atoms with E-state index in [1.54, 1.807) is 0 Å². The molecule has 0 saturated carbocycles. The van der Waals surface area contributed by atoms with Crippen LogP contribution in [0.5, 0.6) is 0 Å². The van der Waals surface area contributed by atoms with Crippen molar-refractivity contribution in [2.24, 2.45) is 11.5 Å². The van der Waals surface area contributed by atoms with Crippen LogP contribution in [0.15, 0.2) is 0 Å². The fraction of sp³-hybridized carbons (Fsp3) is 0.615. The van der Waals surface area contributed by atoms with Crippen molar-refractivity contribution in [3.63, 3.8) is 0 Å². The molecule has 4 atom stereocenters. The number of amides is 4. The summed E-state index contributed by atoms with van der Waals surface area (Å²) in [6.45, 7) is 1.84. The van der Waals surface area contributed by atoms with Crippen LogP contribution in [0.25, 0.3) is 0 Å². The minimum atomic E-state index is -1.62. The number of aliphatic hydroxyl groups excluding tert-OH is 1. The smallest absolute Gasteiger partial charge is 0.328 e. The second-order valence-electron chi connectivity index (χ2n) is 5.33. The minimum Gasteiger partial charge on any atom is -0.480 e. The van der Waals surface area contributed by atoms with Crippen molar-refractivity contribution in [3.05, 3.63) is 0 Å². The first-order valence-corrected chi connectivity index (χ1v) is 7.28. The van der Waals surface area contributed by atoms with Gasteiger partial charge in [-0.1, -0.05) is 0 Å². The first kappa shape index (κ1) is 22.3. The summed E-state index contributed by atoms with van der Waals surface area (Å²) in [6, 6.07) is -5.03.